The fourth-order valence-corrected chi connectivity index (χ4v) is 1.91. The molecular formula is C16H22N2O5. The first kappa shape index (κ1) is 18.5. The molecule has 7 nitrogen and oxygen atoms in total. The Morgan fingerprint density at radius 2 is 1.65 bits per heavy atom. The second-order valence-corrected chi connectivity index (χ2v) is 4.59. The average Bonchev–Trinajstić information content (AvgIpc) is 2.52. The van der Waals surface area contributed by atoms with Crippen LogP contribution in [0.2, 0.25) is 0 Å². The molecule has 23 heavy (non-hydrogen) atoms. The molecule has 0 radical (unpaired) electrons. The molecule has 1 aromatic carbocycles. The van der Waals surface area contributed by atoms with E-state index in [9.17, 15) is 14.4 Å². The van der Waals surface area contributed by atoms with Gasteiger partial charge in [-0.15, -0.1) is 0 Å². The van der Waals surface area contributed by atoms with Gasteiger partial charge in [-0.2, -0.15) is 0 Å². The van der Waals surface area contributed by atoms with E-state index in [0.717, 1.165) is 0 Å². The topological polar surface area (TPSA) is 84.9 Å². The second kappa shape index (κ2) is 9.45. The Morgan fingerprint density at radius 3 is 2.17 bits per heavy atom. The number of ether oxygens (including phenoxy) is 2. The number of carbonyl (C=O) groups excluding carboxylic acids is 3. The van der Waals surface area contributed by atoms with Gasteiger partial charge in [0.15, 0.2) is 0 Å². The molecule has 0 saturated carbocycles. The third kappa shape index (κ3) is 5.98. The lowest BCUT2D eigenvalue weighted by Crippen LogP contribution is -2.37. The maximum atomic E-state index is 11.8. The summed E-state index contributed by atoms with van der Waals surface area (Å²) in [5, 5.41) is 2.56. The second-order valence-electron chi connectivity index (χ2n) is 4.59. The molecule has 0 fully saturated rings. The Morgan fingerprint density at radius 1 is 1.04 bits per heavy atom. The number of amides is 2. The molecule has 0 spiro atoms. The minimum atomic E-state index is -0.520. The van der Waals surface area contributed by atoms with Gasteiger partial charge in [-0.3, -0.25) is 4.79 Å². The summed E-state index contributed by atoms with van der Waals surface area (Å²) in [6.07, 6.45) is -0.520. The molecule has 0 aromatic heterocycles. The molecule has 2 amide bonds. The summed E-state index contributed by atoms with van der Waals surface area (Å²) in [5.74, 6) is -0.572. The van der Waals surface area contributed by atoms with Crippen molar-refractivity contribution in [1.82, 2.24) is 5.32 Å². The van der Waals surface area contributed by atoms with E-state index in [0.29, 0.717) is 24.4 Å². The van der Waals surface area contributed by atoms with Crippen LogP contribution in [0.5, 0.6) is 0 Å². The standard InChI is InChI=1S/C16H22N2O5/c1-4-22-15(20)13-6-8-14(9-7-13)18(12(3)19)11-10-17-16(21)23-5-2/h6-9H,4-5,10-11H2,1-3H3,(H,17,21). The molecule has 0 aliphatic rings. The molecule has 1 rings (SSSR count). The van der Waals surface area contributed by atoms with Gasteiger partial charge in [-0.25, -0.2) is 9.59 Å². The van der Waals surface area contributed by atoms with Crippen molar-refractivity contribution in [3.63, 3.8) is 0 Å². The molecule has 0 bridgehead atoms. The molecule has 0 atom stereocenters. The van der Waals surface area contributed by atoms with Gasteiger partial charge in [0.25, 0.3) is 0 Å². The highest BCUT2D eigenvalue weighted by molar-refractivity contribution is 5.93. The first-order valence-electron chi connectivity index (χ1n) is 7.45. The number of anilines is 1. The lowest BCUT2D eigenvalue weighted by atomic mass is 10.2. The molecule has 7 heteroatoms. The Labute approximate surface area is 135 Å². The lowest BCUT2D eigenvalue weighted by Gasteiger charge is -2.21. The van der Waals surface area contributed by atoms with Crippen LogP contribution in [0.1, 0.15) is 31.1 Å². The lowest BCUT2D eigenvalue weighted by molar-refractivity contribution is -0.116. The van der Waals surface area contributed by atoms with E-state index in [2.05, 4.69) is 5.32 Å². The quantitative estimate of drug-likeness (QED) is 0.776. The molecule has 0 saturated heterocycles. The third-order valence-corrected chi connectivity index (χ3v) is 2.95. The normalized spacial score (nSPS) is 9.87. The Bertz CT molecular complexity index is 542. The first-order chi connectivity index (χ1) is 11.0. The minimum Gasteiger partial charge on any atom is -0.462 e. The summed E-state index contributed by atoms with van der Waals surface area (Å²) in [4.78, 5) is 36.1. The monoisotopic (exact) mass is 322 g/mol. The maximum Gasteiger partial charge on any atom is 0.407 e. The summed E-state index contributed by atoms with van der Waals surface area (Å²) in [6, 6.07) is 6.53. The Balaban J connectivity index is 2.68. The van der Waals surface area contributed by atoms with E-state index in [-0.39, 0.29) is 19.1 Å². The van der Waals surface area contributed by atoms with Crippen LogP contribution in [-0.4, -0.2) is 44.3 Å². The van der Waals surface area contributed by atoms with Crippen LogP contribution in [0.25, 0.3) is 0 Å². The highest BCUT2D eigenvalue weighted by Crippen LogP contribution is 2.16. The molecule has 0 aliphatic heterocycles. The number of carbonyl (C=O) groups is 3. The van der Waals surface area contributed by atoms with Crippen LogP contribution in [0.4, 0.5) is 10.5 Å². The smallest absolute Gasteiger partial charge is 0.407 e. The Hall–Kier alpha value is -2.57. The summed E-state index contributed by atoms with van der Waals surface area (Å²) < 4.78 is 9.66. The number of benzene rings is 1. The first-order valence-corrected chi connectivity index (χ1v) is 7.45. The van der Waals surface area contributed by atoms with E-state index >= 15 is 0 Å². The zero-order valence-corrected chi connectivity index (χ0v) is 13.6. The minimum absolute atomic E-state index is 0.167. The van der Waals surface area contributed by atoms with Gasteiger partial charge in [0.1, 0.15) is 0 Å². The number of hydrogen-bond acceptors (Lipinski definition) is 5. The summed E-state index contributed by atoms with van der Waals surface area (Å²) in [6.45, 7) is 6.04. The largest absolute Gasteiger partial charge is 0.462 e. The van der Waals surface area contributed by atoms with Crippen molar-refractivity contribution in [2.24, 2.45) is 0 Å². The number of hydrogen-bond donors (Lipinski definition) is 1. The summed E-state index contributed by atoms with van der Waals surface area (Å²) in [7, 11) is 0. The van der Waals surface area contributed by atoms with Gasteiger partial charge in [0.05, 0.1) is 18.8 Å². The van der Waals surface area contributed by atoms with Gasteiger partial charge < -0.3 is 19.7 Å². The number of esters is 1. The van der Waals surface area contributed by atoms with Gasteiger partial charge in [0, 0.05) is 25.7 Å². The highest BCUT2D eigenvalue weighted by Gasteiger charge is 2.13. The van der Waals surface area contributed by atoms with E-state index < -0.39 is 12.1 Å². The number of rotatable bonds is 7. The van der Waals surface area contributed by atoms with Crippen LogP contribution < -0.4 is 10.2 Å². The van der Waals surface area contributed by atoms with Crippen LogP contribution >= 0.6 is 0 Å². The van der Waals surface area contributed by atoms with Crippen molar-refractivity contribution in [3.05, 3.63) is 29.8 Å². The average molecular weight is 322 g/mol. The molecule has 1 aromatic rings. The van der Waals surface area contributed by atoms with Crippen molar-refractivity contribution in [3.8, 4) is 0 Å². The summed E-state index contributed by atoms with van der Waals surface area (Å²) >= 11 is 0. The third-order valence-electron chi connectivity index (χ3n) is 2.95. The molecule has 0 aliphatic carbocycles. The highest BCUT2D eigenvalue weighted by atomic mass is 16.5. The fraction of sp³-hybridized carbons (Fsp3) is 0.438. The summed E-state index contributed by atoms with van der Waals surface area (Å²) in [5.41, 5.74) is 1.06. The van der Waals surface area contributed by atoms with E-state index in [1.54, 1.807) is 38.1 Å². The van der Waals surface area contributed by atoms with Crippen molar-refractivity contribution < 1.29 is 23.9 Å². The van der Waals surface area contributed by atoms with Crippen LogP contribution in [0.15, 0.2) is 24.3 Å². The molecule has 0 unspecified atom stereocenters. The van der Waals surface area contributed by atoms with Crippen molar-refractivity contribution in [2.75, 3.05) is 31.2 Å². The Kier molecular flexibility index (Phi) is 7.59. The molecule has 126 valence electrons. The van der Waals surface area contributed by atoms with Crippen molar-refractivity contribution in [1.29, 1.82) is 0 Å². The van der Waals surface area contributed by atoms with Crippen LogP contribution in [0.3, 0.4) is 0 Å². The van der Waals surface area contributed by atoms with E-state index in [1.807, 2.05) is 0 Å². The van der Waals surface area contributed by atoms with Gasteiger partial charge in [-0.1, -0.05) is 0 Å². The van der Waals surface area contributed by atoms with Gasteiger partial charge in [-0.05, 0) is 38.1 Å². The molecule has 1 N–H and O–H groups in total. The van der Waals surface area contributed by atoms with Crippen molar-refractivity contribution >= 4 is 23.7 Å². The fourth-order valence-electron chi connectivity index (χ4n) is 1.91. The SMILES string of the molecule is CCOC(=O)NCCN(C(C)=O)c1ccc(C(=O)OCC)cc1. The zero-order valence-electron chi connectivity index (χ0n) is 13.6. The predicted molar refractivity (Wildman–Crippen MR) is 85.5 cm³/mol. The van der Waals surface area contributed by atoms with Crippen molar-refractivity contribution in [2.45, 2.75) is 20.8 Å². The van der Waals surface area contributed by atoms with Gasteiger partial charge >= 0.3 is 12.1 Å². The predicted octanol–water partition coefficient (Wildman–Crippen LogP) is 1.96. The number of alkyl carbamates (subject to hydrolysis) is 1. The maximum absolute atomic E-state index is 11.8. The number of nitrogens with zero attached hydrogens (tertiary/aromatic N) is 1. The van der Waals surface area contributed by atoms with Gasteiger partial charge in [0.2, 0.25) is 5.91 Å². The zero-order chi connectivity index (χ0) is 17.2. The van der Waals surface area contributed by atoms with E-state index in [4.69, 9.17) is 9.47 Å². The van der Waals surface area contributed by atoms with Crippen LogP contribution in [0, 0.1) is 0 Å². The van der Waals surface area contributed by atoms with Crippen LogP contribution in [-0.2, 0) is 14.3 Å². The van der Waals surface area contributed by atoms with E-state index in [1.165, 1.54) is 11.8 Å². The molecule has 0 heterocycles. The number of nitrogens with one attached hydrogen (secondary N) is 1. The molecular weight excluding hydrogens is 300 g/mol.